The quantitative estimate of drug-likeness (QED) is 0.681. The van der Waals surface area contributed by atoms with E-state index >= 15 is 0 Å². The molecule has 28 heavy (non-hydrogen) atoms. The molecule has 0 spiro atoms. The fraction of sp³-hybridized carbons (Fsp3) is 0.364. The summed E-state index contributed by atoms with van der Waals surface area (Å²) in [6.07, 6.45) is 3.57. The molecule has 6 heteroatoms. The highest BCUT2D eigenvalue weighted by Crippen LogP contribution is 2.21. The zero-order chi connectivity index (χ0) is 19.9. The molecule has 0 radical (unpaired) electrons. The van der Waals surface area contributed by atoms with Gasteiger partial charge in [-0.2, -0.15) is 0 Å². The Bertz CT molecular complexity index is 845. The molecule has 0 unspecified atom stereocenters. The molecule has 0 aliphatic carbocycles. The molecule has 6 nitrogen and oxygen atoms in total. The molecule has 1 heterocycles. The van der Waals surface area contributed by atoms with Gasteiger partial charge in [0, 0.05) is 17.9 Å². The van der Waals surface area contributed by atoms with E-state index in [-0.39, 0.29) is 11.5 Å². The number of rotatable bonds is 7. The van der Waals surface area contributed by atoms with Crippen molar-refractivity contribution in [2.75, 3.05) is 30.3 Å². The fourth-order valence-electron chi connectivity index (χ4n) is 3.40. The SMILES string of the molecule is Cc1ccc(NCc2cccc(C(=O)O)c2)cc1NC(=O)CN1CCCCC1. The maximum atomic E-state index is 12.4. The number of carbonyl (C=O) groups excluding carboxylic acids is 1. The second-order valence-corrected chi connectivity index (χ2v) is 7.27. The van der Waals surface area contributed by atoms with Crippen molar-refractivity contribution in [2.45, 2.75) is 32.7 Å². The zero-order valence-electron chi connectivity index (χ0n) is 16.2. The van der Waals surface area contributed by atoms with Gasteiger partial charge in [-0.15, -0.1) is 0 Å². The summed E-state index contributed by atoms with van der Waals surface area (Å²) in [5.74, 6) is -0.924. The minimum atomic E-state index is -0.934. The third kappa shape index (κ3) is 5.57. The molecule has 1 saturated heterocycles. The number of carbonyl (C=O) groups is 2. The van der Waals surface area contributed by atoms with Crippen LogP contribution in [0.25, 0.3) is 0 Å². The summed E-state index contributed by atoms with van der Waals surface area (Å²) in [7, 11) is 0. The molecule has 0 aromatic heterocycles. The van der Waals surface area contributed by atoms with Gasteiger partial charge in [0.05, 0.1) is 12.1 Å². The Kier molecular flexibility index (Phi) is 6.66. The molecule has 0 saturated carbocycles. The molecule has 1 amide bonds. The lowest BCUT2D eigenvalue weighted by molar-refractivity contribution is -0.117. The summed E-state index contributed by atoms with van der Waals surface area (Å²) in [5, 5.41) is 15.4. The van der Waals surface area contributed by atoms with E-state index in [9.17, 15) is 9.59 Å². The number of benzene rings is 2. The number of hydrogen-bond donors (Lipinski definition) is 3. The van der Waals surface area contributed by atoms with Crippen molar-refractivity contribution in [3.8, 4) is 0 Å². The Labute approximate surface area is 165 Å². The molecule has 0 bridgehead atoms. The predicted molar refractivity (Wildman–Crippen MR) is 111 cm³/mol. The Morgan fingerprint density at radius 2 is 1.86 bits per heavy atom. The second-order valence-electron chi connectivity index (χ2n) is 7.27. The lowest BCUT2D eigenvalue weighted by Crippen LogP contribution is -2.36. The molecule has 2 aromatic rings. The average Bonchev–Trinajstić information content (AvgIpc) is 2.69. The van der Waals surface area contributed by atoms with Gasteiger partial charge < -0.3 is 15.7 Å². The van der Waals surface area contributed by atoms with Gasteiger partial charge in [-0.3, -0.25) is 9.69 Å². The Morgan fingerprint density at radius 1 is 1.07 bits per heavy atom. The lowest BCUT2D eigenvalue weighted by atomic mass is 10.1. The number of nitrogens with zero attached hydrogens (tertiary/aromatic N) is 1. The van der Waals surface area contributed by atoms with E-state index in [1.165, 1.54) is 6.42 Å². The Hall–Kier alpha value is -2.86. The van der Waals surface area contributed by atoms with Gasteiger partial charge >= 0.3 is 5.97 Å². The van der Waals surface area contributed by atoms with Crippen molar-refractivity contribution in [1.82, 2.24) is 4.90 Å². The van der Waals surface area contributed by atoms with Crippen LogP contribution < -0.4 is 10.6 Å². The minimum Gasteiger partial charge on any atom is -0.478 e. The molecule has 3 N–H and O–H groups in total. The van der Waals surface area contributed by atoms with E-state index in [0.29, 0.717) is 13.1 Å². The molecular formula is C22H27N3O3. The second kappa shape index (κ2) is 9.37. The van der Waals surface area contributed by atoms with E-state index < -0.39 is 5.97 Å². The van der Waals surface area contributed by atoms with Crippen LogP contribution in [0.3, 0.4) is 0 Å². The van der Waals surface area contributed by atoms with E-state index in [0.717, 1.165) is 48.4 Å². The number of aromatic carboxylic acids is 1. The Balaban J connectivity index is 1.60. The number of likely N-dealkylation sites (tertiary alicyclic amines) is 1. The number of carboxylic acid groups (broad SMARTS) is 1. The van der Waals surface area contributed by atoms with Crippen LogP contribution in [-0.4, -0.2) is 41.5 Å². The first-order valence-corrected chi connectivity index (χ1v) is 9.70. The maximum absolute atomic E-state index is 12.4. The van der Waals surface area contributed by atoms with Crippen LogP contribution in [0.15, 0.2) is 42.5 Å². The normalized spacial score (nSPS) is 14.5. The number of piperidine rings is 1. The number of anilines is 2. The summed E-state index contributed by atoms with van der Waals surface area (Å²) in [4.78, 5) is 25.7. The highest BCUT2D eigenvalue weighted by Gasteiger charge is 2.14. The first-order chi connectivity index (χ1) is 13.5. The topological polar surface area (TPSA) is 81.7 Å². The van der Waals surface area contributed by atoms with Crippen molar-refractivity contribution in [1.29, 1.82) is 0 Å². The zero-order valence-corrected chi connectivity index (χ0v) is 16.2. The van der Waals surface area contributed by atoms with Crippen molar-refractivity contribution < 1.29 is 14.7 Å². The van der Waals surface area contributed by atoms with E-state index in [4.69, 9.17) is 5.11 Å². The van der Waals surface area contributed by atoms with Crippen molar-refractivity contribution in [2.24, 2.45) is 0 Å². The van der Waals surface area contributed by atoms with Gasteiger partial charge in [0.25, 0.3) is 0 Å². The largest absolute Gasteiger partial charge is 0.478 e. The van der Waals surface area contributed by atoms with E-state index in [1.807, 2.05) is 31.2 Å². The van der Waals surface area contributed by atoms with Crippen molar-refractivity contribution in [3.63, 3.8) is 0 Å². The lowest BCUT2D eigenvalue weighted by Gasteiger charge is -2.25. The molecule has 148 valence electrons. The van der Waals surface area contributed by atoms with Gasteiger partial charge in [-0.05, 0) is 68.2 Å². The van der Waals surface area contributed by atoms with Crippen LogP contribution in [-0.2, 0) is 11.3 Å². The van der Waals surface area contributed by atoms with Gasteiger partial charge in [-0.25, -0.2) is 4.79 Å². The van der Waals surface area contributed by atoms with Gasteiger partial charge in [-0.1, -0.05) is 24.6 Å². The first kappa shape index (κ1) is 19.9. The molecule has 2 aromatic carbocycles. The predicted octanol–water partition coefficient (Wildman–Crippen LogP) is 3.73. The van der Waals surface area contributed by atoms with Crippen LogP contribution >= 0.6 is 0 Å². The van der Waals surface area contributed by atoms with E-state index in [2.05, 4.69) is 15.5 Å². The minimum absolute atomic E-state index is 0.0105. The van der Waals surface area contributed by atoms with Crippen LogP contribution in [0.5, 0.6) is 0 Å². The van der Waals surface area contributed by atoms with Gasteiger partial charge in [0.15, 0.2) is 0 Å². The number of carboxylic acids is 1. The summed E-state index contributed by atoms with van der Waals surface area (Å²) in [6.45, 7) is 4.88. The third-order valence-corrected chi connectivity index (χ3v) is 5.00. The van der Waals surface area contributed by atoms with Crippen LogP contribution in [0.1, 0.15) is 40.7 Å². The molecule has 3 rings (SSSR count). The van der Waals surface area contributed by atoms with Crippen LogP contribution in [0.2, 0.25) is 0 Å². The molecule has 1 fully saturated rings. The number of amides is 1. The molecule has 1 aliphatic rings. The maximum Gasteiger partial charge on any atom is 0.335 e. The molecule has 1 aliphatic heterocycles. The number of hydrogen-bond acceptors (Lipinski definition) is 4. The number of nitrogens with one attached hydrogen (secondary N) is 2. The Morgan fingerprint density at radius 3 is 2.61 bits per heavy atom. The van der Waals surface area contributed by atoms with Crippen molar-refractivity contribution >= 4 is 23.3 Å². The van der Waals surface area contributed by atoms with E-state index in [1.54, 1.807) is 18.2 Å². The first-order valence-electron chi connectivity index (χ1n) is 9.70. The molecule has 0 atom stereocenters. The van der Waals surface area contributed by atoms with Crippen LogP contribution in [0.4, 0.5) is 11.4 Å². The highest BCUT2D eigenvalue weighted by molar-refractivity contribution is 5.93. The summed E-state index contributed by atoms with van der Waals surface area (Å²) < 4.78 is 0. The fourth-order valence-corrected chi connectivity index (χ4v) is 3.40. The van der Waals surface area contributed by atoms with Gasteiger partial charge in [0.2, 0.25) is 5.91 Å². The smallest absolute Gasteiger partial charge is 0.335 e. The average molecular weight is 381 g/mol. The highest BCUT2D eigenvalue weighted by atomic mass is 16.4. The van der Waals surface area contributed by atoms with Crippen LogP contribution in [0, 0.1) is 6.92 Å². The monoisotopic (exact) mass is 381 g/mol. The third-order valence-electron chi connectivity index (χ3n) is 5.00. The van der Waals surface area contributed by atoms with Crippen molar-refractivity contribution in [3.05, 3.63) is 59.2 Å². The summed E-state index contributed by atoms with van der Waals surface area (Å²) >= 11 is 0. The number of aryl methyl sites for hydroxylation is 1. The molecular weight excluding hydrogens is 354 g/mol. The standard InChI is InChI=1S/C22H27N3O3/c1-16-8-9-19(23-14-17-6-5-7-18(12-17)22(27)28)13-20(16)24-21(26)15-25-10-3-2-4-11-25/h5-9,12-13,23H,2-4,10-11,14-15H2,1H3,(H,24,26)(H,27,28). The van der Waals surface area contributed by atoms with Gasteiger partial charge in [0.1, 0.15) is 0 Å². The summed E-state index contributed by atoms with van der Waals surface area (Å²) in [5.41, 5.74) is 3.83. The summed E-state index contributed by atoms with van der Waals surface area (Å²) in [6, 6.07) is 12.7.